The van der Waals surface area contributed by atoms with E-state index in [2.05, 4.69) is 36.1 Å². The zero-order chi connectivity index (χ0) is 17.6. The van der Waals surface area contributed by atoms with Crippen LogP contribution in [0.1, 0.15) is 38.2 Å². The van der Waals surface area contributed by atoms with E-state index < -0.39 is 0 Å². The zero-order valence-electron chi connectivity index (χ0n) is 15.1. The minimum absolute atomic E-state index is 0.0133. The number of amides is 1. The number of piperidine rings is 1. The molecule has 0 aromatic heterocycles. The third kappa shape index (κ3) is 4.33. The first kappa shape index (κ1) is 18.2. The monoisotopic (exact) mass is 346 g/mol. The number of unbranched alkanes of at least 4 members (excludes halogenated alkanes) is 1. The highest BCUT2D eigenvalue weighted by atomic mass is 16.6. The van der Waals surface area contributed by atoms with E-state index in [0.29, 0.717) is 25.1 Å². The van der Waals surface area contributed by atoms with Crippen LogP contribution in [0, 0.1) is 5.92 Å². The number of fused-ring (bicyclic) bond motifs is 4. The molecule has 0 saturated carbocycles. The number of aliphatic hydroxyl groups is 1. The molecule has 3 saturated heterocycles. The molecule has 0 aliphatic carbocycles. The van der Waals surface area contributed by atoms with Crippen LogP contribution in [0.25, 0.3) is 0 Å². The van der Waals surface area contributed by atoms with Gasteiger partial charge in [0.2, 0.25) is 0 Å². The Labute approximate surface area is 150 Å². The smallest absolute Gasteiger partial charge is 0.410 e. The first-order chi connectivity index (χ1) is 12.2. The van der Waals surface area contributed by atoms with Crippen LogP contribution in [0.15, 0.2) is 30.3 Å². The molecule has 1 amide bonds. The topological polar surface area (TPSA) is 53.0 Å². The molecule has 1 aromatic carbocycles. The van der Waals surface area contributed by atoms with Crippen molar-refractivity contribution in [3.05, 3.63) is 35.9 Å². The van der Waals surface area contributed by atoms with Gasteiger partial charge in [-0.1, -0.05) is 43.7 Å². The van der Waals surface area contributed by atoms with Crippen molar-refractivity contribution in [2.75, 3.05) is 26.3 Å². The molecule has 3 heterocycles. The molecule has 3 aliphatic rings. The van der Waals surface area contributed by atoms with Crippen molar-refractivity contribution in [3.63, 3.8) is 0 Å². The lowest BCUT2D eigenvalue weighted by molar-refractivity contribution is 0.0582. The van der Waals surface area contributed by atoms with E-state index in [9.17, 15) is 9.90 Å². The summed E-state index contributed by atoms with van der Waals surface area (Å²) in [7, 11) is 0. The molecule has 3 atom stereocenters. The zero-order valence-corrected chi connectivity index (χ0v) is 15.1. The summed E-state index contributed by atoms with van der Waals surface area (Å²) in [5.41, 5.74) is 1.30. The minimum atomic E-state index is -0.258. The van der Waals surface area contributed by atoms with Gasteiger partial charge < -0.3 is 14.7 Å². The van der Waals surface area contributed by atoms with E-state index in [4.69, 9.17) is 4.74 Å². The Hall–Kier alpha value is -1.59. The summed E-state index contributed by atoms with van der Waals surface area (Å²) in [4.78, 5) is 16.8. The van der Waals surface area contributed by atoms with Crippen molar-refractivity contribution in [1.82, 2.24) is 9.80 Å². The molecular weight excluding hydrogens is 316 g/mol. The van der Waals surface area contributed by atoms with Crippen LogP contribution < -0.4 is 0 Å². The van der Waals surface area contributed by atoms with Gasteiger partial charge in [0.1, 0.15) is 0 Å². The van der Waals surface area contributed by atoms with Gasteiger partial charge in [-0.25, -0.2) is 4.79 Å². The Bertz CT molecular complexity index is 551. The summed E-state index contributed by atoms with van der Waals surface area (Å²) >= 11 is 0. The number of aliphatic hydroxyl groups excluding tert-OH is 1. The Morgan fingerprint density at radius 1 is 1.24 bits per heavy atom. The maximum Gasteiger partial charge on any atom is 0.410 e. The van der Waals surface area contributed by atoms with Crippen molar-refractivity contribution in [3.8, 4) is 0 Å². The fraction of sp³-hybridized carbons (Fsp3) is 0.650. The molecule has 2 bridgehead atoms. The van der Waals surface area contributed by atoms with Gasteiger partial charge >= 0.3 is 6.09 Å². The molecular formula is C20H30N2O3. The van der Waals surface area contributed by atoms with Crippen LogP contribution in [0.3, 0.4) is 0 Å². The summed E-state index contributed by atoms with van der Waals surface area (Å²) in [6.07, 6.45) is 3.78. The summed E-state index contributed by atoms with van der Waals surface area (Å²) in [6, 6.07) is 10.7. The molecule has 138 valence electrons. The maximum atomic E-state index is 12.6. The second-order valence-electron chi connectivity index (χ2n) is 7.28. The van der Waals surface area contributed by atoms with E-state index in [1.54, 1.807) is 4.90 Å². The number of carbonyl (C=O) groups is 1. The van der Waals surface area contributed by atoms with Gasteiger partial charge in [0.15, 0.2) is 0 Å². The molecule has 4 rings (SSSR count). The number of ether oxygens (including phenoxy) is 1. The fourth-order valence-electron chi connectivity index (χ4n) is 4.12. The lowest BCUT2D eigenvalue weighted by Crippen LogP contribution is -2.46. The normalized spacial score (nSPS) is 26.5. The van der Waals surface area contributed by atoms with Crippen molar-refractivity contribution in [2.45, 2.75) is 51.2 Å². The SMILES string of the molecule is CCCCOC(=O)N1C[C@H]2CC[C@H](CN2Cc2ccccc2)[C@H]1CO. The van der Waals surface area contributed by atoms with E-state index in [1.807, 2.05) is 6.07 Å². The van der Waals surface area contributed by atoms with Gasteiger partial charge in [-0.3, -0.25) is 4.90 Å². The lowest BCUT2D eigenvalue weighted by Gasteiger charge is -2.36. The fourth-order valence-corrected chi connectivity index (χ4v) is 4.12. The van der Waals surface area contributed by atoms with Crippen molar-refractivity contribution < 1.29 is 14.6 Å². The molecule has 0 spiro atoms. The average Bonchev–Trinajstić information content (AvgIpc) is 2.90. The Morgan fingerprint density at radius 2 is 2.04 bits per heavy atom. The van der Waals surface area contributed by atoms with Gasteiger partial charge in [0, 0.05) is 25.7 Å². The standard InChI is InChI=1S/C20H30N2O3/c1-2-3-11-25-20(24)22-14-18-10-9-17(19(22)15-23)13-21(18)12-16-7-5-4-6-8-16/h4-8,17-19,23H,2-3,9-15H2,1H3/t17-,18-,19-/m1/s1. The van der Waals surface area contributed by atoms with Crippen LogP contribution >= 0.6 is 0 Å². The Kier molecular flexibility index (Phi) is 6.32. The molecule has 25 heavy (non-hydrogen) atoms. The van der Waals surface area contributed by atoms with Crippen LogP contribution in [0.5, 0.6) is 0 Å². The van der Waals surface area contributed by atoms with E-state index in [-0.39, 0.29) is 18.7 Å². The highest BCUT2D eigenvalue weighted by Gasteiger charge is 2.42. The Morgan fingerprint density at radius 3 is 2.76 bits per heavy atom. The molecule has 1 N–H and O–H groups in total. The van der Waals surface area contributed by atoms with E-state index >= 15 is 0 Å². The molecule has 5 heteroatoms. The first-order valence-electron chi connectivity index (χ1n) is 9.55. The quantitative estimate of drug-likeness (QED) is 0.805. The van der Waals surface area contributed by atoms with Crippen LogP contribution in [0.4, 0.5) is 4.79 Å². The van der Waals surface area contributed by atoms with Crippen molar-refractivity contribution >= 4 is 6.09 Å². The molecule has 0 radical (unpaired) electrons. The second kappa shape index (κ2) is 8.68. The second-order valence-corrected chi connectivity index (χ2v) is 7.28. The molecule has 0 unspecified atom stereocenters. The largest absolute Gasteiger partial charge is 0.449 e. The van der Waals surface area contributed by atoms with Gasteiger partial charge in [-0.05, 0) is 30.7 Å². The molecule has 3 fully saturated rings. The third-order valence-electron chi connectivity index (χ3n) is 5.58. The lowest BCUT2D eigenvalue weighted by atomic mass is 9.89. The number of nitrogens with zero attached hydrogens (tertiary/aromatic N) is 2. The number of hydrogen-bond donors (Lipinski definition) is 1. The predicted molar refractivity (Wildman–Crippen MR) is 97.2 cm³/mol. The van der Waals surface area contributed by atoms with E-state index in [0.717, 1.165) is 38.8 Å². The maximum absolute atomic E-state index is 12.6. The minimum Gasteiger partial charge on any atom is -0.449 e. The number of carbonyl (C=O) groups excluding carboxylic acids is 1. The van der Waals surface area contributed by atoms with Gasteiger partial charge in [0.05, 0.1) is 19.3 Å². The summed E-state index contributed by atoms with van der Waals surface area (Å²) in [6.45, 7) is 5.05. The molecule has 3 aliphatic heterocycles. The van der Waals surface area contributed by atoms with Gasteiger partial charge in [0.25, 0.3) is 0 Å². The number of benzene rings is 1. The van der Waals surface area contributed by atoms with Crippen LogP contribution in [-0.4, -0.2) is 59.4 Å². The summed E-state index contributed by atoms with van der Waals surface area (Å²) in [5, 5.41) is 9.93. The van der Waals surface area contributed by atoms with Gasteiger partial charge in [-0.15, -0.1) is 0 Å². The number of hydrogen-bond acceptors (Lipinski definition) is 4. The van der Waals surface area contributed by atoms with Crippen molar-refractivity contribution in [1.29, 1.82) is 0 Å². The molecule has 1 aromatic rings. The first-order valence-corrected chi connectivity index (χ1v) is 9.55. The van der Waals surface area contributed by atoms with E-state index in [1.165, 1.54) is 5.56 Å². The molecule has 5 nitrogen and oxygen atoms in total. The van der Waals surface area contributed by atoms with Gasteiger partial charge in [-0.2, -0.15) is 0 Å². The van der Waals surface area contributed by atoms with Crippen molar-refractivity contribution in [2.24, 2.45) is 5.92 Å². The number of rotatable bonds is 6. The third-order valence-corrected chi connectivity index (χ3v) is 5.58. The predicted octanol–water partition coefficient (Wildman–Crippen LogP) is 2.88. The highest BCUT2D eigenvalue weighted by Crippen LogP contribution is 2.33. The highest BCUT2D eigenvalue weighted by molar-refractivity contribution is 5.68. The summed E-state index contributed by atoms with van der Waals surface area (Å²) < 4.78 is 5.44. The average molecular weight is 346 g/mol. The van der Waals surface area contributed by atoms with Crippen LogP contribution in [-0.2, 0) is 11.3 Å². The van der Waals surface area contributed by atoms with Crippen LogP contribution in [0.2, 0.25) is 0 Å². The summed E-state index contributed by atoms with van der Waals surface area (Å²) in [5.74, 6) is 0.311. The Balaban J connectivity index is 1.70.